The molecule has 0 aliphatic carbocycles. The zero-order chi connectivity index (χ0) is 13.7. The standard InChI is InChI=1S/C16H24N2O/c1-3-13(2)17-16(19)9-11-18-10-8-14-6-4-5-7-15(14)12-18/h4-7,13H,3,8-12H2,1-2H3,(H,17,19). The highest BCUT2D eigenvalue weighted by molar-refractivity contribution is 5.76. The highest BCUT2D eigenvalue weighted by atomic mass is 16.1. The van der Waals surface area contributed by atoms with Crippen molar-refractivity contribution in [1.82, 2.24) is 10.2 Å². The van der Waals surface area contributed by atoms with E-state index in [4.69, 9.17) is 0 Å². The average Bonchev–Trinajstić information content (AvgIpc) is 2.44. The van der Waals surface area contributed by atoms with E-state index in [0.29, 0.717) is 6.42 Å². The van der Waals surface area contributed by atoms with E-state index in [9.17, 15) is 4.79 Å². The summed E-state index contributed by atoms with van der Waals surface area (Å²) < 4.78 is 0. The van der Waals surface area contributed by atoms with Crippen LogP contribution in [0.5, 0.6) is 0 Å². The van der Waals surface area contributed by atoms with Crippen LogP contribution in [-0.2, 0) is 17.8 Å². The summed E-state index contributed by atoms with van der Waals surface area (Å²) in [5, 5.41) is 3.02. The number of benzene rings is 1. The lowest BCUT2D eigenvalue weighted by molar-refractivity contribution is -0.122. The second kappa shape index (κ2) is 6.71. The Balaban J connectivity index is 1.78. The first-order valence-electron chi connectivity index (χ1n) is 7.27. The van der Waals surface area contributed by atoms with Crippen LogP contribution in [0.3, 0.4) is 0 Å². The van der Waals surface area contributed by atoms with Gasteiger partial charge in [0.25, 0.3) is 0 Å². The minimum absolute atomic E-state index is 0.174. The molecule has 0 aromatic heterocycles. The molecule has 0 saturated carbocycles. The zero-order valence-corrected chi connectivity index (χ0v) is 12.0. The molecule has 0 spiro atoms. The molecule has 1 aromatic carbocycles. The third kappa shape index (κ3) is 4.06. The SMILES string of the molecule is CCC(C)NC(=O)CCN1CCc2ccccc2C1. The molecular weight excluding hydrogens is 236 g/mol. The topological polar surface area (TPSA) is 32.3 Å². The quantitative estimate of drug-likeness (QED) is 0.881. The molecule has 1 aromatic rings. The molecule has 2 rings (SSSR count). The van der Waals surface area contributed by atoms with Gasteiger partial charge in [-0.25, -0.2) is 0 Å². The van der Waals surface area contributed by atoms with Crippen molar-refractivity contribution < 1.29 is 4.79 Å². The maximum Gasteiger partial charge on any atom is 0.221 e. The molecule has 3 nitrogen and oxygen atoms in total. The van der Waals surface area contributed by atoms with Crippen molar-refractivity contribution in [2.75, 3.05) is 13.1 Å². The molecule has 0 bridgehead atoms. The number of nitrogens with zero attached hydrogens (tertiary/aromatic N) is 1. The van der Waals surface area contributed by atoms with Crippen molar-refractivity contribution >= 4 is 5.91 Å². The monoisotopic (exact) mass is 260 g/mol. The Hall–Kier alpha value is -1.35. The first-order valence-corrected chi connectivity index (χ1v) is 7.27. The maximum atomic E-state index is 11.8. The molecule has 19 heavy (non-hydrogen) atoms. The van der Waals surface area contributed by atoms with Crippen LogP contribution in [0.1, 0.15) is 37.8 Å². The minimum Gasteiger partial charge on any atom is -0.354 e. The van der Waals surface area contributed by atoms with Gasteiger partial charge < -0.3 is 5.32 Å². The van der Waals surface area contributed by atoms with Crippen molar-refractivity contribution in [2.24, 2.45) is 0 Å². The highest BCUT2D eigenvalue weighted by Crippen LogP contribution is 2.18. The van der Waals surface area contributed by atoms with Crippen LogP contribution in [0.2, 0.25) is 0 Å². The predicted molar refractivity (Wildman–Crippen MR) is 77.9 cm³/mol. The molecule has 1 atom stereocenters. The van der Waals surface area contributed by atoms with Crippen LogP contribution >= 0.6 is 0 Å². The molecule has 0 radical (unpaired) electrons. The Bertz CT molecular complexity index is 431. The van der Waals surface area contributed by atoms with Crippen molar-refractivity contribution in [3.05, 3.63) is 35.4 Å². The first-order chi connectivity index (χ1) is 9.19. The molecule has 1 unspecified atom stereocenters. The average molecular weight is 260 g/mol. The van der Waals surface area contributed by atoms with E-state index in [1.165, 1.54) is 11.1 Å². The number of carbonyl (C=O) groups excluding carboxylic acids is 1. The zero-order valence-electron chi connectivity index (χ0n) is 12.0. The summed E-state index contributed by atoms with van der Waals surface area (Å²) in [7, 11) is 0. The number of hydrogen-bond acceptors (Lipinski definition) is 2. The predicted octanol–water partition coefficient (Wildman–Crippen LogP) is 2.35. The Labute approximate surface area is 116 Å². The van der Waals surface area contributed by atoms with Gasteiger partial charge in [0.2, 0.25) is 5.91 Å². The smallest absolute Gasteiger partial charge is 0.221 e. The fourth-order valence-corrected chi connectivity index (χ4v) is 2.45. The molecule has 0 saturated heterocycles. The fraction of sp³-hybridized carbons (Fsp3) is 0.562. The molecule has 0 fully saturated rings. The van der Waals surface area contributed by atoms with E-state index in [0.717, 1.165) is 32.5 Å². The van der Waals surface area contributed by atoms with Crippen molar-refractivity contribution in [1.29, 1.82) is 0 Å². The normalized spacial score (nSPS) is 16.7. The van der Waals surface area contributed by atoms with Crippen LogP contribution < -0.4 is 5.32 Å². The van der Waals surface area contributed by atoms with E-state index in [2.05, 4.69) is 48.3 Å². The number of rotatable bonds is 5. The molecule has 1 N–H and O–H groups in total. The summed E-state index contributed by atoms with van der Waals surface area (Å²) in [4.78, 5) is 14.1. The Kier molecular flexibility index (Phi) is 4.97. The van der Waals surface area contributed by atoms with E-state index in [-0.39, 0.29) is 11.9 Å². The van der Waals surface area contributed by atoms with Crippen LogP contribution in [0.25, 0.3) is 0 Å². The Morgan fingerprint density at radius 3 is 2.84 bits per heavy atom. The molecule has 1 heterocycles. The summed E-state index contributed by atoms with van der Waals surface area (Å²) in [5.74, 6) is 0.174. The van der Waals surface area contributed by atoms with Gasteiger partial charge in [0.15, 0.2) is 0 Å². The van der Waals surface area contributed by atoms with Gasteiger partial charge in [-0.15, -0.1) is 0 Å². The van der Waals surface area contributed by atoms with E-state index < -0.39 is 0 Å². The number of amides is 1. The summed E-state index contributed by atoms with van der Waals surface area (Å²) in [6.07, 6.45) is 2.69. The molecule has 1 amide bonds. The molecule has 1 aliphatic heterocycles. The van der Waals surface area contributed by atoms with Crippen LogP contribution in [0.4, 0.5) is 0 Å². The lowest BCUT2D eigenvalue weighted by atomic mass is 10.00. The number of nitrogens with one attached hydrogen (secondary N) is 1. The van der Waals surface area contributed by atoms with E-state index in [1.807, 2.05) is 0 Å². The van der Waals surface area contributed by atoms with Gasteiger partial charge in [-0.2, -0.15) is 0 Å². The van der Waals surface area contributed by atoms with Crippen molar-refractivity contribution in [2.45, 2.75) is 45.7 Å². The lowest BCUT2D eigenvalue weighted by Crippen LogP contribution is -2.37. The maximum absolute atomic E-state index is 11.8. The van der Waals surface area contributed by atoms with Gasteiger partial charge in [0.1, 0.15) is 0 Å². The van der Waals surface area contributed by atoms with Gasteiger partial charge in [-0.05, 0) is 30.9 Å². The molecular formula is C16H24N2O. The second-order valence-corrected chi connectivity index (χ2v) is 5.42. The third-order valence-corrected chi connectivity index (χ3v) is 3.88. The van der Waals surface area contributed by atoms with Gasteiger partial charge in [-0.3, -0.25) is 9.69 Å². The Morgan fingerprint density at radius 2 is 2.11 bits per heavy atom. The van der Waals surface area contributed by atoms with Crippen molar-refractivity contribution in [3.63, 3.8) is 0 Å². The van der Waals surface area contributed by atoms with Crippen LogP contribution in [-0.4, -0.2) is 29.9 Å². The van der Waals surface area contributed by atoms with Gasteiger partial charge in [-0.1, -0.05) is 31.2 Å². The third-order valence-electron chi connectivity index (χ3n) is 3.88. The fourth-order valence-electron chi connectivity index (χ4n) is 2.45. The van der Waals surface area contributed by atoms with E-state index in [1.54, 1.807) is 0 Å². The summed E-state index contributed by atoms with van der Waals surface area (Å²) >= 11 is 0. The number of carbonyl (C=O) groups is 1. The van der Waals surface area contributed by atoms with Gasteiger partial charge in [0.05, 0.1) is 0 Å². The summed E-state index contributed by atoms with van der Waals surface area (Å²) in [6, 6.07) is 8.89. The number of hydrogen-bond donors (Lipinski definition) is 1. The lowest BCUT2D eigenvalue weighted by Gasteiger charge is -2.28. The highest BCUT2D eigenvalue weighted by Gasteiger charge is 2.16. The van der Waals surface area contributed by atoms with E-state index >= 15 is 0 Å². The molecule has 1 aliphatic rings. The molecule has 104 valence electrons. The number of fused-ring (bicyclic) bond motifs is 1. The summed E-state index contributed by atoms with van der Waals surface area (Å²) in [5.41, 5.74) is 2.87. The van der Waals surface area contributed by atoms with Gasteiger partial charge >= 0.3 is 0 Å². The minimum atomic E-state index is 0.174. The summed E-state index contributed by atoms with van der Waals surface area (Å²) in [6.45, 7) is 7.04. The largest absolute Gasteiger partial charge is 0.354 e. The van der Waals surface area contributed by atoms with Crippen LogP contribution in [0, 0.1) is 0 Å². The van der Waals surface area contributed by atoms with Gasteiger partial charge in [0, 0.05) is 32.1 Å². The second-order valence-electron chi connectivity index (χ2n) is 5.42. The first kappa shape index (κ1) is 14.1. The Morgan fingerprint density at radius 1 is 1.37 bits per heavy atom. The van der Waals surface area contributed by atoms with Crippen LogP contribution in [0.15, 0.2) is 24.3 Å². The van der Waals surface area contributed by atoms with Crippen molar-refractivity contribution in [3.8, 4) is 0 Å². The molecule has 3 heteroatoms.